The van der Waals surface area contributed by atoms with E-state index in [0.29, 0.717) is 0 Å². The summed E-state index contributed by atoms with van der Waals surface area (Å²) in [6.45, 7) is 11.2. The van der Waals surface area contributed by atoms with Gasteiger partial charge in [-0.25, -0.2) is 4.79 Å². The molecule has 0 atom stereocenters. The lowest BCUT2D eigenvalue weighted by Gasteiger charge is -2.25. The summed E-state index contributed by atoms with van der Waals surface area (Å²) in [6, 6.07) is 2.93. The largest absolute Gasteiger partial charge is 0.487 e. The molecule has 0 saturated heterocycles. The van der Waals surface area contributed by atoms with E-state index in [2.05, 4.69) is 6.58 Å². The van der Waals surface area contributed by atoms with Crippen molar-refractivity contribution in [3.8, 4) is 5.75 Å². The predicted molar refractivity (Wildman–Crippen MR) is 113 cm³/mol. The van der Waals surface area contributed by atoms with Gasteiger partial charge in [-0.1, -0.05) is 36.4 Å². The zero-order chi connectivity index (χ0) is 23.1. The third kappa shape index (κ3) is 8.53. The van der Waals surface area contributed by atoms with Crippen molar-refractivity contribution in [1.82, 2.24) is 4.90 Å². The van der Waals surface area contributed by atoms with Gasteiger partial charge in [0.05, 0.1) is 10.6 Å². The second-order valence-corrected chi connectivity index (χ2v) is 7.96. The van der Waals surface area contributed by atoms with Crippen molar-refractivity contribution in [3.05, 3.63) is 64.7 Å². The van der Waals surface area contributed by atoms with E-state index in [-0.39, 0.29) is 23.9 Å². The summed E-state index contributed by atoms with van der Waals surface area (Å²) < 4.78 is 49.1. The maximum Gasteiger partial charge on any atom is 0.416 e. The highest BCUT2D eigenvalue weighted by molar-refractivity contribution is 6.32. The Kier molecular flexibility index (Phi) is 9.03. The van der Waals surface area contributed by atoms with Crippen molar-refractivity contribution in [2.24, 2.45) is 0 Å². The fraction of sp³-hybridized carbons (Fsp3) is 0.409. The molecule has 1 amide bonds. The first kappa shape index (κ1) is 25.6. The van der Waals surface area contributed by atoms with E-state index in [0.717, 1.165) is 23.3 Å². The number of halogens is 4. The molecule has 1 rings (SSSR count). The standard InChI is InChI=1S/C22H27ClF3NO3/c1-7-15(13-27(6)20(28)30-21(3,4)5)11-16(8-2)14-29-19-10-9-17(12-18(19)23)22(24,25)26/h7-12H,1,13-14H2,2-6H3/b15-11+,16-8+. The summed E-state index contributed by atoms with van der Waals surface area (Å²) in [5.41, 5.74) is 0.0225. The molecule has 0 heterocycles. The van der Waals surface area contributed by atoms with Crippen LogP contribution in [-0.2, 0) is 10.9 Å². The number of hydrogen-bond acceptors (Lipinski definition) is 3. The van der Waals surface area contributed by atoms with Gasteiger partial charge in [-0.05, 0) is 57.0 Å². The smallest absolute Gasteiger partial charge is 0.416 e. The van der Waals surface area contributed by atoms with Crippen LogP contribution < -0.4 is 4.74 Å². The second-order valence-electron chi connectivity index (χ2n) is 7.56. The molecular formula is C22H27ClF3NO3. The summed E-state index contributed by atoms with van der Waals surface area (Å²) in [5, 5.41) is -0.127. The lowest BCUT2D eigenvalue weighted by molar-refractivity contribution is -0.137. The van der Waals surface area contributed by atoms with Crippen molar-refractivity contribution in [2.45, 2.75) is 39.5 Å². The first-order valence-corrected chi connectivity index (χ1v) is 9.56. The van der Waals surface area contributed by atoms with E-state index in [1.54, 1.807) is 53.0 Å². The van der Waals surface area contributed by atoms with Gasteiger partial charge >= 0.3 is 12.3 Å². The van der Waals surface area contributed by atoms with E-state index >= 15 is 0 Å². The summed E-state index contributed by atoms with van der Waals surface area (Å²) in [4.78, 5) is 13.5. The van der Waals surface area contributed by atoms with Crippen LogP contribution in [0.25, 0.3) is 0 Å². The Balaban J connectivity index is 2.83. The van der Waals surface area contributed by atoms with Crippen LogP contribution in [0.15, 0.2) is 54.2 Å². The topological polar surface area (TPSA) is 38.8 Å². The van der Waals surface area contributed by atoms with Crippen molar-refractivity contribution in [2.75, 3.05) is 20.2 Å². The monoisotopic (exact) mass is 445 g/mol. The molecular weight excluding hydrogens is 419 g/mol. The number of hydrogen-bond donors (Lipinski definition) is 0. The number of allylic oxidation sites excluding steroid dienone is 1. The molecule has 0 saturated carbocycles. The molecule has 0 unspecified atom stereocenters. The molecule has 0 N–H and O–H groups in total. The molecule has 0 aliphatic heterocycles. The maximum atomic E-state index is 12.7. The van der Waals surface area contributed by atoms with Gasteiger partial charge in [0.15, 0.2) is 0 Å². The minimum atomic E-state index is -4.47. The van der Waals surface area contributed by atoms with E-state index < -0.39 is 23.4 Å². The van der Waals surface area contributed by atoms with Gasteiger partial charge in [-0.15, -0.1) is 0 Å². The Morgan fingerprint density at radius 2 is 1.87 bits per heavy atom. The molecule has 0 bridgehead atoms. The number of ether oxygens (including phenoxy) is 2. The fourth-order valence-electron chi connectivity index (χ4n) is 2.25. The Labute approximate surface area is 180 Å². The van der Waals surface area contributed by atoms with Crippen LogP contribution in [-0.4, -0.2) is 36.8 Å². The Hall–Kier alpha value is -2.41. The zero-order valence-electron chi connectivity index (χ0n) is 17.8. The summed E-state index contributed by atoms with van der Waals surface area (Å²) >= 11 is 5.92. The quantitative estimate of drug-likeness (QED) is 0.440. The summed E-state index contributed by atoms with van der Waals surface area (Å²) in [5.74, 6) is 0.142. The highest BCUT2D eigenvalue weighted by Crippen LogP contribution is 2.34. The third-order valence-corrected chi connectivity index (χ3v) is 4.08. The van der Waals surface area contributed by atoms with Crippen LogP contribution in [0.5, 0.6) is 5.75 Å². The lowest BCUT2D eigenvalue weighted by atomic mass is 10.1. The lowest BCUT2D eigenvalue weighted by Crippen LogP contribution is -2.35. The molecule has 1 aromatic carbocycles. The highest BCUT2D eigenvalue weighted by atomic mass is 35.5. The number of amides is 1. The van der Waals surface area contributed by atoms with Crippen molar-refractivity contribution in [3.63, 3.8) is 0 Å². The van der Waals surface area contributed by atoms with E-state index in [9.17, 15) is 18.0 Å². The van der Waals surface area contributed by atoms with E-state index in [1.165, 1.54) is 11.0 Å². The number of likely N-dealkylation sites (N-methyl/N-ethyl adjacent to an activating group) is 1. The SMILES string of the molecule is C=C/C(=C\C(=C/C)COc1ccc(C(F)(F)F)cc1Cl)CN(C)C(=O)OC(C)(C)C. The average Bonchev–Trinajstić information content (AvgIpc) is 2.62. The highest BCUT2D eigenvalue weighted by Gasteiger charge is 2.31. The van der Waals surface area contributed by atoms with Crippen LogP contribution >= 0.6 is 11.6 Å². The predicted octanol–water partition coefficient (Wildman–Crippen LogP) is 6.66. The number of nitrogens with zero attached hydrogens (tertiary/aromatic N) is 1. The summed E-state index contributed by atoms with van der Waals surface area (Å²) in [6.07, 6.45) is 0.236. The first-order chi connectivity index (χ1) is 13.8. The van der Waals surface area contributed by atoms with Crippen LogP contribution in [0.1, 0.15) is 33.3 Å². The number of carbonyl (C=O) groups is 1. The van der Waals surface area contributed by atoms with Gasteiger partial charge in [0.1, 0.15) is 18.0 Å². The first-order valence-electron chi connectivity index (χ1n) is 9.18. The van der Waals surface area contributed by atoms with Crippen LogP contribution in [0.4, 0.5) is 18.0 Å². The van der Waals surface area contributed by atoms with Crippen molar-refractivity contribution < 1.29 is 27.4 Å². The third-order valence-electron chi connectivity index (χ3n) is 3.78. The Bertz CT molecular complexity index is 824. The Morgan fingerprint density at radius 3 is 2.33 bits per heavy atom. The number of alkyl halides is 3. The maximum absolute atomic E-state index is 12.7. The molecule has 0 fully saturated rings. The number of benzene rings is 1. The minimum Gasteiger partial charge on any atom is -0.487 e. The van der Waals surface area contributed by atoms with Crippen molar-refractivity contribution >= 4 is 17.7 Å². The van der Waals surface area contributed by atoms with E-state index in [4.69, 9.17) is 21.1 Å². The van der Waals surface area contributed by atoms with Crippen LogP contribution in [0, 0.1) is 0 Å². The van der Waals surface area contributed by atoms with Gasteiger partial charge in [0, 0.05) is 13.6 Å². The fourth-order valence-corrected chi connectivity index (χ4v) is 2.48. The molecule has 166 valence electrons. The van der Waals surface area contributed by atoms with Gasteiger partial charge in [0.2, 0.25) is 0 Å². The van der Waals surface area contributed by atoms with Crippen molar-refractivity contribution in [1.29, 1.82) is 0 Å². The zero-order valence-corrected chi connectivity index (χ0v) is 18.5. The van der Waals surface area contributed by atoms with Gasteiger partial charge in [0.25, 0.3) is 0 Å². The molecule has 1 aromatic rings. The molecule has 0 radical (unpaired) electrons. The Morgan fingerprint density at radius 1 is 1.23 bits per heavy atom. The second kappa shape index (κ2) is 10.6. The molecule has 0 aliphatic rings. The molecule has 30 heavy (non-hydrogen) atoms. The van der Waals surface area contributed by atoms with Gasteiger partial charge in [-0.2, -0.15) is 13.2 Å². The minimum absolute atomic E-state index is 0.0784. The van der Waals surface area contributed by atoms with Gasteiger partial charge in [-0.3, -0.25) is 0 Å². The molecule has 8 heteroatoms. The molecule has 0 aromatic heterocycles. The van der Waals surface area contributed by atoms with E-state index in [1.807, 2.05) is 0 Å². The molecule has 4 nitrogen and oxygen atoms in total. The average molecular weight is 446 g/mol. The van der Waals surface area contributed by atoms with Crippen LogP contribution in [0.2, 0.25) is 5.02 Å². The van der Waals surface area contributed by atoms with Crippen LogP contribution in [0.3, 0.4) is 0 Å². The number of rotatable bonds is 7. The molecule has 0 aliphatic carbocycles. The summed E-state index contributed by atoms with van der Waals surface area (Å²) in [7, 11) is 1.61. The van der Waals surface area contributed by atoms with Gasteiger partial charge < -0.3 is 14.4 Å². The molecule has 0 spiro atoms. The number of carbonyl (C=O) groups excluding carboxylic acids is 1. The normalized spacial score (nSPS) is 13.1.